The number of hydrogen-bond donors (Lipinski definition) is 1. The number of rotatable bonds is 7. The highest BCUT2D eigenvalue weighted by Gasteiger charge is 2.17. The Morgan fingerprint density at radius 3 is 2.64 bits per heavy atom. The Hall–Kier alpha value is -3.98. The van der Waals surface area contributed by atoms with Gasteiger partial charge in [0.25, 0.3) is 0 Å². The lowest BCUT2D eigenvalue weighted by Crippen LogP contribution is -2.38. The van der Waals surface area contributed by atoms with Gasteiger partial charge in [-0.25, -0.2) is 9.97 Å². The molecule has 1 N–H and O–H groups in total. The number of methoxy groups -OCH3 is 1. The zero-order chi connectivity index (χ0) is 26.6. The molecule has 0 saturated carbocycles. The van der Waals surface area contributed by atoms with Gasteiger partial charge in [0.05, 0.1) is 60.3 Å². The molecular weight excluding hydrogens is 512 g/mol. The summed E-state index contributed by atoms with van der Waals surface area (Å²) in [5, 5.41) is 5.03. The van der Waals surface area contributed by atoms with E-state index in [1.807, 2.05) is 60.7 Å². The molecule has 8 nitrogen and oxygen atoms in total. The summed E-state index contributed by atoms with van der Waals surface area (Å²) in [7, 11) is 1.62. The number of fused-ring (bicyclic) bond motifs is 2. The molecule has 198 valence electrons. The maximum atomic E-state index is 6.23. The van der Waals surface area contributed by atoms with Crippen molar-refractivity contribution in [3.05, 3.63) is 89.4 Å². The highest BCUT2D eigenvalue weighted by molar-refractivity contribution is 6.30. The first-order valence-corrected chi connectivity index (χ1v) is 13.4. The summed E-state index contributed by atoms with van der Waals surface area (Å²) in [6.45, 7) is 4.92. The molecule has 0 spiro atoms. The fourth-order valence-corrected chi connectivity index (χ4v) is 5.00. The van der Waals surface area contributed by atoms with E-state index in [0.717, 1.165) is 77.7 Å². The van der Waals surface area contributed by atoms with E-state index in [1.54, 1.807) is 13.3 Å². The van der Waals surface area contributed by atoms with E-state index in [2.05, 4.69) is 31.9 Å². The van der Waals surface area contributed by atoms with E-state index in [0.29, 0.717) is 17.4 Å². The highest BCUT2D eigenvalue weighted by Crippen LogP contribution is 2.31. The molecule has 9 heteroatoms. The summed E-state index contributed by atoms with van der Waals surface area (Å²) >= 11 is 6.23. The quantitative estimate of drug-likeness (QED) is 0.287. The SMILES string of the molecule is COc1ncccc1Nc1cc2nc3ccccc3n(-c3ccc(Cl)cc3)c-2c/c1=N\CCN1CCOCC1. The van der Waals surface area contributed by atoms with Crippen LogP contribution < -0.4 is 15.4 Å². The first kappa shape index (κ1) is 25.3. The third kappa shape index (κ3) is 5.45. The Balaban J connectivity index is 1.53. The molecule has 39 heavy (non-hydrogen) atoms. The van der Waals surface area contributed by atoms with Crippen LogP contribution in [0.15, 0.2) is 84.0 Å². The Bertz CT molecular complexity index is 1630. The van der Waals surface area contributed by atoms with Crippen molar-refractivity contribution in [1.82, 2.24) is 19.4 Å². The number of nitrogens with one attached hydrogen (secondary N) is 1. The van der Waals surface area contributed by atoms with Gasteiger partial charge in [0.1, 0.15) is 5.69 Å². The minimum atomic E-state index is 0.513. The lowest BCUT2D eigenvalue weighted by Gasteiger charge is -2.25. The molecular formula is C30H29ClN6O2. The van der Waals surface area contributed by atoms with E-state index in [4.69, 9.17) is 31.1 Å². The lowest BCUT2D eigenvalue weighted by molar-refractivity contribution is 0.0394. The van der Waals surface area contributed by atoms with Crippen LogP contribution in [0.2, 0.25) is 5.02 Å². The molecule has 0 amide bonds. The van der Waals surface area contributed by atoms with Gasteiger partial charge in [-0.3, -0.25) is 9.89 Å². The van der Waals surface area contributed by atoms with Crippen molar-refractivity contribution in [2.45, 2.75) is 0 Å². The van der Waals surface area contributed by atoms with Crippen LogP contribution in [0.4, 0.5) is 11.4 Å². The number of hydrogen-bond acceptors (Lipinski definition) is 7. The topological polar surface area (TPSA) is 76.8 Å². The van der Waals surface area contributed by atoms with Gasteiger partial charge in [0.15, 0.2) is 0 Å². The third-order valence-electron chi connectivity index (χ3n) is 6.82. The largest absolute Gasteiger partial charge is 0.480 e. The van der Waals surface area contributed by atoms with E-state index in [-0.39, 0.29) is 0 Å². The van der Waals surface area contributed by atoms with Crippen molar-refractivity contribution in [2.24, 2.45) is 4.99 Å². The number of nitrogens with zero attached hydrogens (tertiary/aromatic N) is 5. The van der Waals surface area contributed by atoms with E-state index < -0.39 is 0 Å². The second-order valence-electron chi connectivity index (χ2n) is 9.29. The fourth-order valence-electron chi connectivity index (χ4n) is 4.87. The number of pyridine rings is 1. The number of ether oxygens (including phenoxy) is 2. The van der Waals surface area contributed by atoms with Crippen LogP contribution in [0.5, 0.6) is 5.88 Å². The van der Waals surface area contributed by atoms with E-state index >= 15 is 0 Å². The fraction of sp³-hybridized carbons (Fsp3) is 0.233. The van der Waals surface area contributed by atoms with Gasteiger partial charge in [-0.15, -0.1) is 0 Å². The molecule has 0 unspecified atom stereocenters. The molecule has 3 aromatic rings. The molecule has 6 rings (SSSR count). The standard InChI is InChI=1S/C30H29ClN6O2/c1-38-30-24(6-4-12-33-30)35-26-19-27-29(20-25(26)32-13-14-36-15-17-39-18-16-36)37(22-10-8-21(31)9-11-22)28-7-3-2-5-23(28)34-27/h2-12,19-20,35H,13-18H2,1H3/b32-25+. The van der Waals surface area contributed by atoms with Crippen LogP contribution in [0.1, 0.15) is 0 Å². The Morgan fingerprint density at radius 1 is 1.00 bits per heavy atom. The van der Waals surface area contributed by atoms with Gasteiger partial charge in [0.2, 0.25) is 5.88 Å². The number of halogens is 1. The first-order chi connectivity index (χ1) is 19.2. The molecule has 1 fully saturated rings. The van der Waals surface area contributed by atoms with E-state index in [9.17, 15) is 0 Å². The molecule has 0 bridgehead atoms. The maximum absolute atomic E-state index is 6.23. The Labute approximate surface area is 231 Å². The smallest absolute Gasteiger partial charge is 0.237 e. The minimum Gasteiger partial charge on any atom is -0.480 e. The average molecular weight is 541 g/mol. The number of morpholine rings is 1. The van der Waals surface area contributed by atoms with Crippen LogP contribution in [0.25, 0.3) is 28.1 Å². The Kier molecular flexibility index (Phi) is 7.40. The summed E-state index contributed by atoms with van der Waals surface area (Å²) in [6.07, 6.45) is 1.71. The maximum Gasteiger partial charge on any atom is 0.237 e. The van der Waals surface area contributed by atoms with E-state index in [1.165, 1.54) is 0 Å². The van der Waals surface area contributed by atoms with Crippen LogP contribution >= 0.6 is 11.6 Å². The van der Waals surface area contributed by atoms with Gasteiger partial charge >= 0.3 is 0 Å². The molecule has 1 aliphatic carbocycles. The molecule has 3 heterocycles. The summed E-state index contributed by atoms with van der Waals surface area (Å²) in [6, 6.07) is 24.0. The minimum absolute atomic E-state index is 0.513. The first-order valence-electron chi connectivity index (χ1n) is 13.0. The van der Waals surface area contributed by atoms with Crippen LogP contribution in [-0.2, 0) is 4.74 Å². The molecule has 1 aromatic heterocycles. The van der Waals surface area contributed by atoms with Crippen molar-refractivity contribution in [3.63, 3.8) is 0 Å². The van der Waals surface area contributed by atoms with Crippen molar-refractivity contribution >= 4 is 34.0 Å². The van der Waals surface area contributed by atoms with Gasteiger partial charge in [0, 0.05) is 36.5 Å². The van der Waals surface area contributed by atoms with Crippen molar-refractivity contribution in [2.75, 3.05) is 51.8 Å². The number of benzene rings is 3. The normalized spacial score (nSPS) is 14.7. The van der Waals surface area contributed by atoms with Gasteiger partial charge < -0.3 is 19.4 Å². The second kappa shape index (κ2) is 11.4. The second-order valence-corrected chi connectivity index (χ2v) is 9.73. The summed E-state index contributed by atoms with van der Waals surface area (Å²) < 4.78 is 13.2. The number of aromatic nitrogens is 3. The summed E-state index contributed by atoms with van der Waals surface area (Å²) in [4.78, 5) is 16.8. The zero-order valence-corrected chi connectivity index (χ0v) is 22.4. The zero-order valence-electron chi connectivity index (χ0n) is 21.7. The Morgan fingerprint density at radius 2 is 1.82 bits per heavy atom. The molecule has 3 aliphatic rings. The van der Waals surface area contributed by atoms with Crippen molar-refractivity contribution in [1.29, 1.82) is 0 Å². The van der Waals surface area contributed by atoms with Gasteiger partial charge in [-0.2, -0.15) is 0 Å². The molecule has 0 atom stereocenters. The molecule has 2 aliphatic heterocycles. The predicted molar refractivity (Wildman–Crippen MR) is 154 cm³/mol. The van der Waals surface area contributed by atoms with Crippen LogP contribution in [-0.4, -0.2) is 65.9 Å². The molecule has 2 aromatic carbocycles. The predicted octanol–water partition coefficient (Wildman–Crippen LogP) is 5.16. The number of para-hydroxylation sites is 2. The summed E-state index contributed by atoms with van der Waals surface area (Å²) in [5.74, 6) is 0.513. The third-order valence-corrected chi connectivity index (χ3v) is 7.07. The molecule has 0 radical (unpaired) electrons. The monoisotopic (exact) mass is 540 g/mol. The summed E-state index contributed by atoms with van der Waals surface area (Å²) in [5.41, 5.74) is 6.27. The van der Waals surface area contributed by atoms with Gasteiger partial charge in [-0.05, 0) is 60.7 Å². The molecule has 1 saturated heterocycles. The van der Waals surface area contributed by atoms with Crippen LogP contribution in [0, 0.1) is 0 Å². The van der Waals surface area contributed by atoms with Gasteiger partial charge in [-0.1, -0.05) is 23.7 Å². The van der Waals surface area contributed by atoms with Crippen molar-refractivity contribution < 1.29 is 9.47 Å². The van der Waals surface area contributed by atoms with Crippen LogP contribution in [0.3, 0.4) is 0 Å². The number of anilines is 2. The average Bonchev–Trinajstić information content (AvgIpc) is 2.98. The highest BCUT2D eigenvalue weighted by atomic mass is 35.5. The lowest BCUT2D eigenvalue weighted by atomic mass is 10.1. The van der Waals surface area contributed by atoms with Crippen molar-refractivity contribution in [3.8, 4) is 23.0 Å².